The normalized spacial score (nSPS) is 15.8. The molecular formula is C24H24N2O2. The van der Waals surface area contributed by atoms with Crippen LogP contribution >= 0.6 is 0 Å². The smallest absolute Gasteiger partial charge is 0.322 e. The van der Waals surface area contributed by atoms with Crippen LogP contribution in [0.3, 0.4) is 0 Å². The zero-order valence-corrected chi connectivity index (χ0v) is 16.0. The monoisotopic (exact) mass is 372 g/mol. The summed E-state index contributed by atoms with van der Waals surface area (Å²) in [5, 5.41) is 3.07. The second-order valence-corrected chi connectivity index (χ2v) is 7.06. The van der Waals surface area contributed by atoms with Gasteiger partial charge in [-0.1, -0.05) is 72.8 Å². The number of hydrogen-bond donors (Lipinski definition) is 1. The minimum atomic E-state index is -0.0843. The number of para-hydroxylation sites is 1. The summed E-state index contributed by atoms with van der Waals surface area (Å²) in [7, 11) is 1.66. The van der Waals surface area contributed by atoms with Gasteiger partial charge in [-0.05, 0) is 22.8 Å². The Balaban J connectivity index is 1.60. The Labute approximate surface area is 165 Å². The maximum atomic E-state index is 13.1. The molecule has 0 aliphatic carbocycles. The number of fused-ring (bicyclic) bond motifs is 1. The predicted octanol–water partition coefficient (Wildman–Crippen LogP) is 5.01. The molecule has 1 heterocycles. The van der Waals surface area contributed by atoms with E-state index in [1.807, 2.05) is 41.3 Å². The lowest BCUT2D eigenvalue weighted by atomic mass is 9.85. The van der Waals surface area contributed by atoms with Crippen LogP contribution in [-0.4, -0.2) is 24.6 Å². The van der Waals surface area contributed by atoms with Gasteiger partial charge in [-0.15, -0.1) is 0 Å². The summed E-state index contributed by atoms with van der Waals surface area (Å²) >= 11 is 0. The van der Waals surface area contributed by atoms with E-state index in [1.165, 1.54) is 16.7 Å². The van der Waals surface area contributed by atoms with Crippen LogP contribution in [0.5, 0.6) is 0 Å². The number of ether oxygens (including phenoxy) is 1. The molecule has 1 atom stereocenters. The van der Waals surface area contributed by atoms with E-state index in [4.69, 9.17) is 4.74 Å². The number of anilines is 1. The molecule has 0 unspecified atom stereocenters. The van der Waals surface area contributed by atoms with Crippen LogP contribution < -0.4 is 5.32 Å². The number of nitrogens with zero attached hydrogens (tertiary/aromatic N) is 1. The number of methoxy groups -OCH3 is 1. The summed E-state index contributed by atoms with van der Waals surface area (Å²) in [4.78, 5) is 15.0. The molecule has 0 aromatic heterocycles. The van der Waals surface area contributed by atoms with Crippen molar-refractivity contribution in [1.82, 2.24) is 4.90 Å². The Morgan fingerprint density at radius 3 is 2.54 bits per heavy atom. The summed E-state index contributed by atoms with van der Waals surface area (Å²) in [5.74, 6) is 0.172. The molecule has 4 rings (SSSR count). The molecule has 0 saturated heterocycles. The van der Waals surface area contributed by atoms with Gasteiger partial charge in [0.15, 0.2) is 0 Å². The molecule has 0 fully saturated rings. The van der Waals surface area contributed by atoms with E-state index in [1.54, 1.807) is 7.11 Å². The summed E-state index contributed by atoms with van der Waals surface area (Å²) in [6.45, 7) is 1.73. The Bertz CT molecular complexity index is 956. The fourth-order valence-electron chi connectivity index (χ4n) is 3.85. The Kier molecular flexibility index (Phi) is 5.40. The lowest BCUT2D eigenvalue weighted by Crippen LogP contribution is -2.41. The number of carbonyl (C=O) groups is 1. The lowest BCUT2D eigenvalue weighted by molar-refractivity contribution is 0.185. The van der Waals surface area contributed by atoms with E-state index in [0.29, 0.717) is 19.7 Å². The highest BCUT2D eigenvalue weighted by Gasteiger charge is 2.29. The molecule has 4 nitrogen and oxygen atoms in total. The van der Waals surface area contributed by atoms with Gasteiger partial charge in [0.05, 0.1) is 6.61 Å². The first-order chi connectivity index (χ1) is 13.8. The van der Waals surface area contributed by atoms with E-state index in [2.05, 4.69) is 47.8 Å². The van der Waals surface area contributed by atoms with Crippen LogP contribution in [0, 0.1) is 0 Å². The van der Waals surface area contributed by atoms with Crippen LogP contribution in [0.1, 0.15) is 28.2 Å². The fourth-order valence-corrected chi connectivity index (χ4v) is 3.85. The summed E-state index contributed by atoms with van der Waals surface area (Å²) < 4.78 is 5.25. The minimum Gasteiger partial charge on any atom is -0.380 e. The van der Waals surface area contributed by atoms with Gasteiger partial charge in [-0.25, -0.2) is 4.79 Å². The average Bonchev–Trinajstić information content (AvgIpc) is 2.75. The second kappa shape index (κ2) is 8.28. The van der Waals surface area contributed by atoms with Gasteiger partial charge in [0.1, 0.15) is 0 Å². The van der Waals surface area contributed by atoms with Gasteiger partial charge >= 0.3 is 6.03 Å². The van der Waals surface area contributed by atoms with E-state index < -0.39 is 0 Å². The van der Waals surface area contributed by atoms with Crippen LogP contribution in [0.25, 0.3) is 0 Å². The third kappa shape index (κ3) is 3.78. The van der Waals surface area contributed by atoms with E-state index in [-0.39, 0.29) is 11.9 Å². The van der Waals surface area contributed by atoms with E-state index >= 15 is 0 Å². The molecular weight excluding hydrogens is 348 g/mol. The standard InChI is InChI=1S/C24H24N2O2/c1-28-17-20-12-6-8-14-23(20)25-24(27)26-15-19-11-5-7-13-21(19)22(16-26)18-9-3-2-4-10-18/h2-14,22H,15-17H2,1H3,(H,25,27)/t22-/m0/s1. The summed E-state index contributed by atoms with van der Waals surface area (Å²) in [6.07, 6.45) is 0. The first kappa shape index (κ1) is 18.3. The number of rotatable bonds is 4. The third-order valence-corrected chi connectivity index (χ3v) is 5.24. The zero-order chi connectivity index (χ0) is 19.3. The van der Waals surface area contributed by atoms with Gasteiger partial charge < -0.3 is 15.0 Å². The Morgan fingerprint density at radius 1 is 1.00 bits per heavy atom. The van der Waals surface area contributed by atoms with Gasteiger partial charge in [0, 0.05) is 37.4 Å². The number of urea groups is 1. The Morgan fingerprint density at radius 2 is 1.71 bits per heavy atom. The van der Waals surface area contributed by atoms with Crippen molar-refractivity contribution in [3.8, 4) is 0 Å². The highest BCUT2D eigenvalue weighted by Crippen LogP contribution is 2.33. The molecule has 1 aliphatic rings. The lowest BCUT2D eigenvalue weighted by Gasteiger charge is -2.35. The van der Waals surface area contributed by atoms with Crippen molar-refractivity contribution in [2.75, 3.05) is 19.0 Å². The Hall–Kier alpha value is -3.11. The van der Waals surface area contributed by atoms with E-state index in [0.717, 1.165) is 11.3 Å². The van der Waals surface area contributed by atoms with Crippen LogP contribution in [0.4, 0.5) is 10.5 Å². The average molecular weight is 372 g/mol. The maximum absolute atomic E-state index is 13.1. The molecule has 0 spiro atoms. The molecule has 2 amide bonds. The van der Waals surface area contributed by atoms with Gasteiger partial charge in [0.25, 0.3) is 0 Å². The largest absolute Gasteiger partial charge is 0.380 e. The summed E-state index contributed by atoms with van der Waals surface area (Å²) in [6, 6.07) is 26.5. The molecule has 4 heteroatoms. The number of benzene rings is 3. The zero-order valence-electron chi connectivity index (χ0n) is 16.0. The molecule has 0 bridgehead atoms. The van der Waals surface area contributed by atoms with Crippen molar-refractivity contribution in [3.05, 3.63) is 101 Å². The van der Waals surface area contributed by atoms with Crippen LogP contribution in [-0.2, 0) is 17.9 Å². The van der Waals surface area contributed by atoms with Crippen molar-refractivity contribution in [2.24, 2.45) is 0 Å². The quantitative estimate of drug-likeness (QED) is 0.699. The molecule has 1 N–H and O–H groups in total. The molecule has 0 radical (unpaired) electrons. The second-order valence-electron chi connectivity index (χ2n) is 7.06. The highest BCUT2D eigenvalue weighted by molar-refractivity contribution is 5.90. The number of amides is 2. The molecule has 1 aliphatic heterocycles. The number of nitrogens with one attached hydrogen (secondary N) is 1. The number of carbonyl (C=O) groups excluding carboxylic acids is 1. The SMILES string of the molecule is COCc1ccccc1NC(=O)N1Cc2ccccc2[C@H](c2ccccc2)C1. The van der Waals surface area contributed by atoms with Crippen molar-refractivity contribution in [3.63, 3.8) is 0 Å². The van der Waals surface area contributed by atoms with Gasteiger partial charge in [0.2, 0.25) is 0 Å². The summed E-state index contributed by atoms with van der Waals surface area (Å²) in [5.41, 5.74) is 5.49. The molecule has 28 heavy (non-hydrogen) atoms. The van der Waals surface area contributed by atoms with Gasteiger partial charge in [-0.3, -0.25) is 0 Å². The van der Waals surface area contributed by atoms with Crippen molar-refractivity contribution in [1.29, 1.82) is 0 Å². The first-order valence-electron chi connectivity index (χ1n) is 9.52. The fraction of sp³-hybridized carbons (Fsp3) is 0.208. The molecule has 142 valence electrons. The first-order valence-corrected chi connectivity index (χ1v) is 9.52. The minimum absolute atomic E-state index is 0.0843. The topological polar surface area (TPSA) is 41.6 Å². The van der Waals surface area contributed by atoms with E-state index in [9.17, 15) is 4.79 Å². The highest BCUT2D eigenvalue weighted by atomic mass is 16.5. The van der Waals surface area contributed by atoms with Crippen molar-refractivity contribution < 1.29 is 9.53 Å². The van der Waals surface area contributed by atoms with Crippen LogP contribution in [0.15, 0.2) is 78.9 Å². The third-order valence-electron chi connectivity index (χ3n) is 5.24. The van der Waals surface area contributed by atoms with Crippen molar-refractivity contribution >= 4 is 11.7 Å². The maximum Gasteiger partial charge on any atom is 0.322 e. The van der Waals surface area contributed by atoms with Gasteiger partial charge in [-0.2, -0.15) is 0 Å². The molecule has 3 aromatic rings. The predicted molar refractivity (Wildman–Crippen MR) is 111 cm³/mol. The molecule has 0 saturated carbocycles. The van der Waals surface area contributed by atoms with Crippen molar-refractivity contribution in [2.45, 2.75) is 19.1 Å². The number of hydrogen-bond acceptors (Lipinski definition) is 2. The van der Waals surface area contributed by atoms with Crippen LogP contribution in [0.2, 0.25) is 0 Å². The molecule has 3 aromatic carbocycles.